The molecule has 0 radical (unpaired) electrons. The van der Waals surface area contributed by atoms with Gasteiger partial charge in [-0.05, 0) is 57.3 Å². The monoisotopic (exact) mass is 446 g/mol. The summed E-state index contributed by atoms with van der Waals surface area (Å²) in [5.74, 6) is 2.30. The van der Waals surface area contributed by atoms with Gasteiger partial charge in [-0.25, -0.2) is 0 Å². The van der Waals surface area contributed by atoms with Crippen LogP contribution < -0.4 is 4.74 Å². The zero-order valence-electron chi connectivity index (χ0n) is 21.3. The maximum atomic E-state index is 12.1. The van der Waals surface area contributed by atoms with E-state index in [1.54, 1.807) is 0 Å². The standard InChI is InChI=1S/C28H46O4/c1-19(2)10-7-11-20(3)12-8-13-21(4)14-9-16-28(6)17-15-23-24(30)18-25(31)26(22(5)29)27(23)32-28/h18-21,30-31H,7-17H2,1-6H3. The molecule has 2 N–H and O–H groups in total. The highest BCUT2D eigenvalue weighted by atomic mass is 16.5. The van der Waals surface area contributed by atoms with E-state index in [1.807, 2.05) is 0 Å². The molecule has 182 valence electrons. The number of aromatic hydroxyl groups is 2. The fourth-order valence-corrected chi connectivity index (χ4v) is 5.03. The molecule has 0 aromatic heterocycles. The second kappa shape index (κ2) is 12.0. The van der Waals surface area contributed by atoms with Gasteiger partial charge in [0.25, 0.3) is 0 Å². The third kappa shape index (κ3) is 7.71. The van der Waals surface area contributed by atoms with Crippen LogP contribution in [0, 0.1) is 17.8 Å². The molecular formula is C28H46O4. The molecule has 4 heteroatoms. The molecule has 3 atom stereocenters. The average Bonchev–Trinajstić information content (AvgIpc) is 2.66. The topological polar surface area (TPSA) is 66.8 Å². The Morgan fingerprint density at radius 2 is 1.53 bits per heavy atom. The van der Waals surface area contributed by atoms with Crippen molar-refractivity contribution in [1.29, 1.82) is 0 Å². The first-order valence-electron chi connectivity index (χ1n) is 12.8. The fourth-order valence-electron chi connectivity index (χ4n) is 5.03. The minimum Gasteiger partial charge on any atom is -0.507 e. The van der Waals surface area contributed by atoms with Gasteiger partial charge in [-0.2, -0.15) is 0 Å². The summed E-state index contributed by atoms with van der Waals surface area (Å²) in [4.78, 5) is 12.1. The summed E-state index contributed by atoms with van der Waals surface area (Å²) in [6.07, 6.45) is 12.6. The van der Waals surface area contributed by atoms with Crippen LogP contribution in [-0.4, -0.2) is 21.6 Å². The molecule has 0 fully saturated rings. The SMILES string of the molecule is CC(=O)c1c(O)cc(O)c2c1OC(C)(CCCC(C)CCCC(C)CCCC(C)C)CC2. The van der Waals surface area contributed by atoms with Gasteiger partial charge in [0.1, 0.15) is 28.4 Å². The first-order chi connectivity index (χ1) is 15.0. The summed E-state index contributed by atoms with van der Waals surface area (Å²) in [5.41, 5.74) is 0.461. The maximum absolute atomic E-state index is 12.1. The Morgan fingerprint density at radius 1 is 0.969 bits per heavy atom. The molecule has 1 aliphatic rings. The lowest BCUT2D eigenvalue weighted by molar-refractivity contribution is 0.0499. The Bertz CT molecular complexity index is 754. The highest BCUT2D eigenvalue weighted by molar-refractivity contribution is 6.00. The lowest BCUT2D eigenvalue weighted by Crippen LogP contribution is -2.37. The molecule has 4 nitrogen and oxygen atoms in total. The molecular weight excluding hydrogens is 400 g/mol. The van der Waals surface area contributed by atoms with Crippen LogP contribution in [0.2, 0.25) is 0 Å². The molecule has 0 spiro atoms. The van der Waals surface area contributed by atoms with Gasteiger partial charge in [0.05, 0.1) is 0 Å². The van der Waals surface area contributed by atoms with Crippen molar-refractivity contribution in [3.63, 3.8) is 0 Å². The number of phenols is 2. The number of benzene rings is 1. The molecule has 0 saturated heterocycles. The first-order valence-corrected chi connectivity index (χ1v) is 12.8. The fraction of sp³-hybridized carbons (Fsp3) is 0.750. The zero-order chi connectivity index (χ0) is 23.9. The van der Waals surface area contributed by atoms with Gasteiger partial charge >= 0.3 is 0 Å². The highest BCUT2D eigenvalue weighted by Crippen LogP contribution is 2.46. The summed E-state index contributed by atoms with van der Waals surface area (Å²) >= 11 is 0. The van der Waals surface area contributed by atoms with Crippen molar-refractivity contribution in [2.24, 2.45) is 17.8 Å². The van der Waals surface area contributed by atoms with Crippen molar-refractivity contribution >= 4 is 5.78 Å². The smallest absolute Gasteiger partial charge is 0.167 e. The van der Waals surface area contributed by atoms with Crippen molar-refractivity contribution in [3.8, 4) is 17.2 Å². The molecule has 3 unspecified atom stereocenters. The molecule has 0 aliphatic carbocycles. The van der Waals surface area contributed by atoms with Crippen molar-refractivity contribution < 1.29 is 19.7 Å². The number of ether oxygens (including phenoxy) is 1. The van der Waals surface area contributed by atoms with Crippen LogP contribution >= 0.6 is 0 Å². The predicted molar refractivity (Wildman–Crippen MR) is 132 cm³/mol. The van der Waals surface area contributed by atoms with E-state index < -0.39 is 0 Å². The summed E-state index contributed by atoms with van der Waals surface area (Å²) in [7, 11) is 0. The van der Waals surface area contributed by atoms with Crippen LogP contribution in [0.15, 0.2) is 6.07 Å². The average molecular weight is 447 g/mol. The zero-order valence-corrected chi connectivity index (χ0v) is 21.3. The van der Waals surface area contributed by atoms with Gasteiger partial charge in [0, 0.05) is 11.6 Å². The number of fused-ring (bicyclic) bond motifs is 1. The Balaban J connectivity index is 1.79. The third-order valence-corrected chi connectivity index (χ3v) is 7.22. The van der Waals surface area contributed by atoms with Gasteiger partial charge in [-0.15, -0.1) is 0 Å². The summed E-state index contributed by atoms with van der Waals surface area (Å²) in [6.45, 7) is 12.9. The highest BCUT2D eigenvalue weighted by Gasteiger charge is 2.35. The number of Topliss-reactive ketones (excluding diaryl/α,β-unsaturated/α-hetero) is 1. The summed E-state index contributed by atoms with van der Waals surface area (Å²) in [6, 6.07) is 1.26. The molecule has 1 aliphatic heterocycles. The normalized spacial score (nSPS) is 20.0. The van der Waals surface area contributed by atoms with Crippen molar-refractivity contribution in [2.75, 3.05) is 0 Å². The van der Waals surface area contributed by atoms with Crippen LogP contribution in [0.25, 0.3) is 0 Å². The second-order valence-corrected chi connectivity index (χ2v) is 11.1. The molecule has 32 heavy (non-hydrogen) atoms. The molecule has 2 rings (SSSR count). The van der Waals surface area contributed by atoms with Crippen LogP contribution in [0.1, 0.15) is 122 Å². The van der Waals surface area contributed by atoms with Crippen molar-refractivity contribution in [2.45, 2.75) is 118 Å². The Kier molecular flexibility index (Phi) is 9.91. The van der Waals surface area contributed by atoms with Gasteiger partial charge in [-0.1, -0.05) is 72.6 Å². The molecule has 0 saturated carbocycles. The Labute approximate surface area is 195 Å². The van der Waals surface area contributed by atoms with Gasteiger partial charge < -0.3 is 14.9 Å². The number of carbonyl (C=O) groups is 1. The number of hydrogen-bond acceptors (Lipinski definition) is 4. The molecule has 1 aromatic rings. The van der Waals surface area contributed by atoms with E-state index in [9.17, 15) is 15.0 Å². The lowest BCUT2D eigenvalue weighted by Gasteiger charge is -2.37. The summed E-state index contributed by atoms with van der Waals surface area (Å²) in [5, 5.41) is 20.4. The number of carbonyl (C=O) groups excluding carboxylic acids is 1. The quantitative estimate of drug-likeness (QED) is 0.303. The van der Waals surface area contributed by atoms with Gasteiger partial charge in [0.15, 0.2) is 5.78 Å². The molecule has 0 amide bonds. The Morgan fingerprint density at radius 3 is 2.09 bits per heavy atom. The Hall–Kier alpha value is -1.71. The van der Waals surface area contributed by atoms with Gasteiger partial charge in [-0.3, -0.25) is 4.79 Å². The van der Waals surface area contributed by atoms with Crippen molar-refractivity contribution in [3.05, 3.63) is 17.2 Å². The number of hydrogen-bond donors (Lipinski definition) is 2. The minimum atomic E-state index is -0.373. The van der Waals surface area contributed by atoms with Crippen molar-refractivity contribution in [1.82, 2.24) is 0 Å². The van der Waals surface area contributed by atoms with E-state index in [-0.39, 0.29) is 28.4 Å². The number of ketones is 1. The lowest BCUT2D eigenvalue weighted by atomic mass is 9.85. The largest absolute Gasteiger partial charge is 0.507 e. The van der Waals surface area contributed by atoms with Crippen LogP contribution in [0.4, 0.5) is 0 Å². The van der Waals surface area contributed by atoms with E-state index in [2.05, 4.69) is 34.6 Å². The molecule has 1 heterocycles. The first kappa shape index (κ1) is 26.5. The third-order valence-electron chi connectivity index (χ3n) is 7.22. The molecule has 1 aromatic carbocycles. The van der Waals surface area contributed by atoms with E-state index >= 15 is 0 Å². The van der Waals surface area contributed by atoms with Crippen LogP contribution in [0.5, 0.6) is 17.2 Å². The number of phenolic OH excluding ortho intramolecular Hbond substituents is 2. The van der Waals surface area contributed by atoms with E-state index in [1.165, 1.54) is 57.9 Å². The number of rotatable bonds is 13. The predicted octanol–water partition coefficient (Wildman–Crippen LogP) is 7.82. The van der Waals surface area contributed by atoms with E-state index in [0.29, 0.717) is 23.7 Å². The van der Waals surface area contributed by atoms with Gasteiger partial charge in [0.2, 0.25) is 0 Å². The van der Waals surface area contributed by atoms with Crippen LogP contribution in [0.3, 0.4) is 0 Å². The second-order valence-electron chi connectivity index (χ2n) is 11.1. The summed E-state index contributed by atoms with van der Waals surface area (Å²) < 4.78 is 6.28. The van der Waals surface area contributed by atoms with E-state index in [4.69, 9.17) is 4.74 Å². The maximum Gasteiger partial charge on any atom is 0.167 e. The molecule has 0 bridgehead atoms. The van der Waals surface area contributed by atoms with Crippen LogP contribution in [-0.2, 0) is 6.42 Å². The minimum absolute atomic E-state index is 0.0107. The van der Waals surface area contributed by atoms with E-state index in [0.717, 1.165) is 31.1 Å².